The van der Waals surface area contributed by atoms with Crippen molar-refractivity contribution >= 4 is 29.3 Å². The number of rotatable bonds is 11. The Morgan fingerprint density at radius 3 is 2.56 bits per heavy atom. The molecule has 0 fully saturated rings. The Balaban J connectivity index is 1.61. The largest absolute Gasteiger partial charge is 0.497 e. The van der Waals surface area contributed by atoms with Gasteiger partial charge < -0.3 is 29.8 Å². The number of methoxy groups -OCH3 is 1. The summed E-state index contributed by atoms with van der Waals surface area (Å²) in [5.74, 6) is 1.10. The fraction of sp³-hybridized carbons (Fsp3) is 0.304. The number of carbonyl (C=O) groups excluding carboxylic acids is 2. The Kier molecular flexibility index (Phi) is 8.88. The monoisotopic (exact) mass is 485 g/mol. The number of thioether (sulfide) groups is 1. The number of nitrogens with one attached hydrogen (secondary N) is 2. The first-order chi connectivity index (χ1) is 16.5. The van der Waals surface area contributed by atoms with Crippen molar-refractivity contribution in [2.75, 3.05) is 31.4 Å². The van der Waals surface area contributed by atoms with Crippen LogP contribution in [0.2, 0.25) is 0 Å². The van der Waals surface area contributed by atoms with E-state index in [0.717, 1.165) is 0 Å². The zero-order valence-corrected chi connectivity index (χ0v) is 20.0. The predicted octanol–water partition coefficient (Wildman–Crippen LogP) is 2.42. The third-order valence-corrected chi connectivity index (χ3v) is 5.83. The van der Waals surface area contributed by atoms with Crippen LogP contribution in [0.4, 0.5) is 5.69 Å². The van der Waals surface area contributed by atoms with E-state index < -0.39 is 6.04 Å². The molecule has 2 amide bonds. The summed E-state index contributed by atoms with van der Waals surface area (Å²) in [6.45, 7) is 2.00. The minimum Gasteiger partial charge on any atom is -0.497 e. The van der Waals surface area contributed by atoms with Gasteiger partial charge in [0.05, 0.1) is 31.8 Å². The molecule has 2 aromatic carbocycles. The molecule has 180 valence electrons. The van der Waals surface area contributed by atoms with Crippen LogP contribution in [0.25, 0.3) is 0 Å². The van der Waals surface area contributed by atoms with Gasteiger partial charge in [-0.05, 0) is 43.3 Å². The van der Waals surface area contributed by atoms with Crippen LogP contribution in [0.3, 0.4) is 0 Å². The number of benzene rings is 2. The minimum absolute atomic E-state index is 0.0917. The molecule has 34 heavy (non-hydrogen) atoms. The van der Waals surface area contributed by atoms with E-state index in [2.05, 4.69) is 20.8 Å². The van der Waals surface area contributed by atoms with Crippen molar-refractivity contribution < 1.29 is 24.2 Å². The molecule has 1 unspecified atom stereocenters. The average molecular weight is 486 g/mol. The lowest BCUT2D eigenvalue weighted by Gasteiger charge is -2.16. The molecule has 0 aliphatic carbocycles. The molecule has 0 saturated heterocycles. The van der Waals surface area contributed by atoms with Gasteiger partial charge in [-0.3, -0.25) is 9.59 Å². The lowest BCUT2D eigenvalue weighted by molar-refractivity contribution is -0.113. The number of aliphatic hydroxyl groups is 1. The SMILES string of the molecule is CCOc1ccccc1NC(=O)CSc1nnc(C(CO)NC(=O)c2ccc(OC)cc2)n1C. The number of nitrogens with zero attached hydrogens (tertiary/aromatic N) is 3. The van der Waals surface area contributed by atoms with Gasteiger partial charge in [0.15, 0.2) is 11.0 Å². The summed E-state index contributed by atoms with van der Waals surface area (Å²) in [7, 11) is 3.26. The van der Waals surface area contributed by atoms with Gasteiger partial charge in [0.2, 0.25) is 5.91 Å². The van der Waals surface area contributed by atoms with Crippen molar-refractivity contribution in [1.29, 1.82) is 0 Å². The molecule has 0 radical (unpaired) electrons. The van der Waals surface area contributed by atoms with Crippen LogP contribution in [0.5, 0.6) is 11.5 Å². The summed E-state index contributed by atoms with van der Waals surface area (Å²) in [6.07, 6.45) is 0. The summed E-state index contributed by atoms with van der Waals surface area (Å²) in [4.78, 5) is 25.0. The van der Waals surface area contributed by atoms with Gasteiger partial charge in [-0.15, -0.1) is 10.2 Å². The second-order valence-electron chi connectivity index (χ2n) is 7.10. The average Bonchev–Trinajstić information content (AvgIpc) is 3.22. The maximum absolute atomic E-state index is 12.6. The molecule has 3 N–H and O–H groups in total. The number of para-hydroxylation sites is 2. The first-order valence-corrected chi connectivity index (χ1v) is 11.5. The van der Waals surface area contributed by atoms with Crippen LogP contribution < -0.4 is 20.1 Å². The number of hydrogen-bond donors (Lipinski definition) is 3. The van der Waals surface area contributed by atoms with Crippen molar-refractivity contribution in [2.24, 2.45) is 7.05 Å². The normalized spacial score (nSPS) is 11.5. The van der Waals surface area contributed by atoms with Gasteiger partial charge in [0.1, 0.15) is 17.5 Å². The number of aromatic nitrogens is 3. The number of hydrogen-bond acceptors (Lipinski definition) is 8. The molecule has 11 heteroatoms. The number of amides is 2. The Morgan fingerprint density at radius 2 is 1.88 bits per heavy atom. The van der Waals surface area contributed by atoms with Crippen LogP contribution in [-0.2, 0) is 11.8 Å². The maximum atomic E-state index is 12.6. The van der Waals surface area contributed by atoms with E-state index >= 15 is 0 Å². The molecule has 0 aliphatic rings. The number of anilines is 1. The van der Waals surface area contributed by atoms with Gasteiger partial charge in [0.25, 0.3) is 5.91 Å². The van der Waals surface area contributed by atoms with Gasteiger partial charge in [0, 0.05) is 12.6 Å². The maximum Gasteiger partial charge on any atom is 0.251 e. The standard InChI is InChI=1S/C23H27N5O5S/c1-4-33-19-8-6-5-7-17(19)24-20(30)14-34-23-27-26-21(28(23)2)18(13-29)25-22(31)15-9-11-16(32-3)12-10-15/h5-12,18,29H,4,13-14H2,1-3H3,(H,24,30)(H,25,31). The first-order valence-electron chi connectivity index (χ1n) is 10.6. The molecule has 0 aliphatic heterocycles. The quantitative estimate of drug-likeness (QED) is 0.353. The fourth-order valence-electron chi connectivity index (χ4n) is 3.10. The molecule has 1 atom stereocenters. The smallest absolute Gasteiger partial charge is 0.251 e. The molecule has 0 spiro atoms. The summed E-state index contributed by atoms with van der Waals surface area (Å²) in [5.41, 5.74) is 1.01. The van der Waals surface area contributed by atoms with Crippen molar-refractivity contribution in [2.45, 2.75) is 18.1 Å². The Morgan fingerprint density at radius 1 is 1.15 bits per heavy atom. The molecule has 0 bridgehead atoms. The van der Waals surface area contributed by atoms with Crippen LogP contribution in [0.15, 0.2) is 53.7 Å². The highest BCUT2D eigenvalue weighted by Gasteiger charge is 2.22. The Bertz CT molecular complexity index is 1120. The summed E-state index contributed by atoms with van der Waals surface area (Å²) >= 11 is 1.19. The van der Waals surface area contributed by atoms with E-state index in [0.29, 0.717) is 40.3 Å². The summed E-state index contributed by atoms with van der Waals surface area (Å²) < 4.78 is 12.3. The van der Waals surface area contributed by atoms with Gasteiger partial charge >= 0.3 is 0 Å². The van der Waals surface area contributed by atoms with E-state index in [1.54, 1.807) is 55.1 Å². The third kappa shape index (κ3) is 6.27. The zero-order valence-electron chi connectivity index (χ0n) is 19.1. The van der Waals surface area contributed by atoms with E-state index in [1.165, 1.54) is 11.8 Å². The first kappa shape index (κ1) is 25.1. The highest BCUT2D eigenvalue weighted by molar-refractivity contribution is 7.99. The minimum atomic E-state index is -0.770. The Hall–Kier alpha value is -3.57. The van der Waals surface area contributed by atoms with Crippen LogP contribution >= 0.6 is 11.8 Å². The van der Waals surface area contributed by atoms with Crippen molar-refractivity contribution in [3.63, 3.8) is 0 Å². The van der Waals surface area contributed by atoms with E-state index in [1.807, 2.05) is 19.1 Å². The van der Waals surface area contributed by atoms with Crippen LogP contribution in [0.1, 0.15) is 29.1 Å². The molecule has 10 nitrogen and oxygen atoms in total. The van der Waals surface area contributed by atoms with E-state index in [4.69, 9.17) is 9.47 Å². The predicted molar refractivity (Wildman–Crippen MR) is 128 cm³/mol. The van der Waals surface area contributed by atoms with Gasteiger partial charge in [-0.2, -0.15) is 0 Å². The van der Waals surface area contributed by atoms with Crippen LogP contribution in [-0.4, -0.2) is 57.8 Å². The molecule has 3 rings (SSSR count). The molecule has 1 heterocycles. The topological polar surface area (TPSA) is 128 Å². The second kappa shape index (κ2) is 12.1. The molecular formula is C23H27N5O5S. The molecular weight excluding hydrogens is 458 g/mol. The number of carbonyl (C=O) groups is 2. The fourth-order valence-corrected chi connectivity index (χ4v) is 3.82. The zero-order chi connectivity index (χ0) is 24.5. The molecule has 1 aromatic heterocycles. The highest BCUT2D eigenvalue weighted by atomic mass is 32.2. The summed E-state index contributed by atoms with van der Waals surface area (Å²) in [5, 5.41) is 24.1. The third-order valence-electron chi connectivity index (χ3n) is 4.81. The van der Waals surface area contributed by atoms with E-state index in [-0.39, 0.29) is 24.2 Å². The molecule has 3 aromatic rings. The van der Waals surface area contributed by atoms with E-state index in [9.17, 15) is 14.7 Å². The lowest BCUT2D eigenvalue weighted by Crippen LogP contribution is -2.32. The lowest BCUT2D eigenvalue weighted by atomic mass is 10.2. The van der Waals surface area contributed by atoms with Crippen molar-refractivity contribution in [3.8, 4) is 11.5 Å². The highest BCUT2D eigenvalue weighted by Crippen LogP contribution is 2.25. The molecule has 0 saturated carbocycles. The van der Waals surface area contributed by atoms with Gasteiger partial charge in [-0.25, -0.2) is 0 Å². The van der Waals surface area contributed by atoms with Crippen molar-refractivity contribution in [1.82, 2.24) is 20.1 Å². The second-order valence-corrected chi connectivity index (χ2v) is 8.05. The summed E-state index contributed by atoms with van der Waals surface area (Å²) in [6, 6.07) is 13.0. The van der Waals surface area contributed by atoms with Crippen LogP contribution in [0, 0.1) is 0 Å². The van der Waals surface area contributed by atoms with Crippen molar-refractivity contribution in [3.05, 3.63) is 59.9 Å². The Labute approximate surface area is 201 Å². The number of ether oxygens (including phenoxy) is 2. The number of aliphatic hydroxyl groups excluding tert-OH is 1. The van der Waals surface area contributed by atoms with Gasteiger partial charge in [-0.1, -0.05) is 23.9 Å².